The number of halogens is 1. The van der Waals surface area contributed by atoms with E-state index in [0.717, 1.165) is 17.7 Å². The van der Waals surface area contributed by atoms with Crippen molar-refractivity contribution in [1.82, 2.24) is 5.32 Å². The molecular formula is C13H16FNO2. The highest BCUT2D eigenvalue weighted by Crippen LogP contribution is 2.29. The number of methoxy groups -OCH3 is 1. The van der Waals surface area contributed by atoms with E-state index in [4.69, 9.17) is 9.47 Å². The summed E-state index contributed by atoms with van der Waals surface area (Å²) in [5.74, 6) is 0.787. The number of nitrogens with one attached hydrogen (secondary N) is 1. The lowest BCUT2D eigenvalue weighted by Gasteiger charge is -2.18. The predicted molar refractivity (Wildman–Crippen MR) is 63.4 cm³/mol. The van der Waals surface area contributed by atoms with Crippen molar-refractivity contribution in [1.29, 1.82) is 0 Å². The molecule has 3 nitrogen and oxygen atoms in total. The van der Waals surface area contributed by atoms with Crippen LogP contribution < -0.4 is 10.1 Å². The molecule has 92 valence electrons. The summed E-state index contributed by atoms with van der Waals surface area (Å²) in [6.45, 7) is 0.714. The van der Waals surface area contributed by atoms with E-state index in [1.165, 1.54) is 13.2 Å². The smallest absolute Gasteiger partial charge is 0.165 e. The second-order valence-corrected chi connectivity index (χ2v) is 3.86. The maximum atomic E-state index is 13.3. The highest BCUT2D eigenvalue weighted by Gasteiger charge is 2.20. The van der Waals surface area contributed by atoms with Crippen LogP contribution in [0, 0.1) is 5.82 Å². The minimum atomic E-state index is -0.354. The number of hydrogen-bond acceptors (Lipinski definition) is 3. The van der Waals surface area contributed by atoms with Gasteiger partial charge >= 0.3 is 0 Å². The summed E-state index contributed by atoms with van der Waals surface area (Å²) in [6.07, 6.45) is 2.98. The highest BCUT2D eigenvalue weighted by molar-refractivity contribution is 5.35. The minimum absolute atomic E-state index is 0.0491. The minimum Gasteiger partial charge on any atom is -0.496 e. The molecule has 17 heavy (non-hydrogen) atoms. The van der Waals surface area contributed by atoms with E-state index in [0.29, 0.717) is 6.61 Å². The van der Waals surface area contributed by atoms with Crippen LogP contribution >= 0.6 is 0 Å². The Morgan fingerprint density at radius 3 is 2.88 bits per heavy atom. The molecule has 0 aliphatic carbocycles. The monoisotopic (exact) mass is 237 g/mol. The number of likely N-dealkylation sites (N-methyl/N-ethyl adjacent to an activating group) is 1. The van der Waals surface area contributed by atoms with E-state index in [9.17, 15) is 4.39 Å². The molecule has 0 spiro atoms. The van der Waals surface area contributed by atoms with Crippen molar-refractivity contribution in [3.05, 3.63) is 41.4 Å². The van der Waals surface area contributed by atoms with Crippen molar-refractivity contribution < 1.29 is 13.9 Å². The lowest BCUT2D eigenvalue weighted by molar-refractivity contribution is 0.218. The van der Waals surface area contributed by atoms with Crippen molar-refractivity contribution in [2.45, 2.75) is 12.5 Å². The van der Waals surface area contributed by atoms with Gasteiger partial charge in [-0.25, -0.2) is 4.39 Å². The Kier molecular flexibility index (Phi) is 3.64. The molecule has 0 radical (unpaired) electrons. The van der Waals surface area contributed by atoms with Crippen LogP contribution in [0.4, 0.5) is 4.39 Å². The van der Waals surface area contributed by atoms with E-state index in [-0.39, 0.29) is 17.6 Å². The van der Waals surface area contributed by atoms with Crippen LogP contribution in [0.25, 0.3) is 0 Å². The van der Waals surface area contributed by atoms with Crippen molar-refractivity contribution in [3.63, 3.8) is 0 Å². The third kappa shape index (κ3) is 2.42. The molecule has 1 heterocycles. The first-order valence-electron chi connectivity index (χ1n) is 5.60. The molecule has 1 aromatic carbocycles. The average Bonchev–Trinajstić information content (AvgIpc) is 2.86. The molecule has 0 amide bonds. The molecule has 0 fully saturated rings. The van der Waals surface area contributed by atoms with Gasteiger partial charge in [0.2, 0.25) is 0 Å². The van der Waals surface area contributed by atoms with Gasteiger partial charge in [-0.1, -0.05) is 6.07 Å². The second-order valence-electron chi connectivity index (χ2n) is 3.86. The van der Waals surface area contributed by atoms with Crippen LogP contribution in [0.2, 0.25) is 0 Å². The van der Waals surface area contributed by atoms with Crippen molar-refractivity contribution in [2.24, 2.45) is 0 Å². The Morgan fingerprint density at radius 2 is 2.29 bits per heavy atom. The zero-order valence-corrected chi connectivity index (χ0v) is 10.00. The van der Waals surface area contributed by atoms with Gasteiger partial charge in [0.1, 0.15) is 5.76 Å². The van der Waals surface area contributed by atoms with E-state index in [1.807, 2.05) is 7.05 Å². The maximum Gasteiger partial charge on any atom is 0.165 e. The number of hydrogen-bond donors (Lipinski definition) is 1. The third-order valence-electron chi connectivity index (χ3n) is 2.81. The number of rotatable bonds is 4. The summed E-state index contributed by atoms with van der Waals surface area (Å²) in [5, 5.41) is 3.16. The van der Waals surface area contributed by atoms with Crippen molar-refractivity contribution in [3.8, 4) is 5.75 Å². The Balaban J connectivity index is 2.30. The van der Waals surface area contributed by atoms with Crippen molar-refractivity contribution >= 4 is 0 Å². The van der Waals surface area contributed by atoms with Gasteiger partial charge < -0.3 is 14.8 Å². The number of ether oxygens (including phenoxy) is 2. The zero-order chi connectivity index (χ0) is 12.3. The van der Waals surface area contributed by atoms with Gasteiger partial charge in [0, 0.05) is 6.42 Å². The molecule has 1 aliphatic heterocycles. The molecule has 2 rings (SSSR count). The largest absolute Gasteiger partial charge is 0.496 e. The molecule has 1 atom stereocenters. The highest BCUT2D eigenvalue weighted by atomic mass is 19.1. The predicted octanol–water partition coefficient (Wildman–Crippen LogP) is 2.40. The lowest BCUT2D eigenvalue weighted by atomic mass is 10.0. The Hall–Kier alpha value is -1.55. The van der Waals surface area contributed by atoms with Crippen molar-refractivity contribution in [2.75, 3.05) is 20.8 Å². The van der Waals surface area contributed by atoms with Gasteiger partial charge in [-0.3, -0.25) is 0 Å². The first kappa shape index (κ1) is 11.9. The normalized spacial score (nSPS) is 16.3. The fourth-order valence-corrected chi connectivity index (χ4v) is 1.97. The third-order valence-corrected chi connectivity index (χ3v) is 2.81. The molecule has 1 N–H and O–H groups in total. The Bertz CT molecular complexity index is 431. The molecule has 1 aromatic rings. The summed E-state index contributed by atoms with van der Waals surface area (Å²) in [6, 6.07) is 4.79. The molecule has 1 unspecified atom stereocenters. The van der Waals surface area contributed by atoms with Crippen LogP contribution in [-0.2, 0) is 4.74 Å². The summed E-state index contributed by atoms with van der Waals surface area (Å²) < 4.78 is 23.8. The SMILES string of the molecule is CNC(C1=CCCO1)c1ccc(F)c(OC)c1. The second kappa shape index (κ2) is 5.19. The molecule has 0 saturated heterocycles. The molecule has 0 aromatic heterocycles. The van der Waals surface area contributed by atoms with Gasteiger partial charge in [-0.2, -0.15) is 0 Å². The fourth-order valence-electron chi connectivity index (χ4n) is 1.97. The molecular weight excluding hydrogens is 221 g/mol. The van der Waals surface area contributed by atoms with E-state index < -0.39 is 0 Å². The maximum absolute atomic E-state index is 13.3. The summed E-state index contributed by atoms with van der Waals surface area (Å²) in [4.78, 5) is 0. The fraction of sp³-hybridized carbons (Fsp3) is 0.385. The number of benzene rings is 1. The summed E-state index contributed by atoms with van der Waals surface area (Å²) >= 11 is 0. The average molecular weight is 237 g/mol. The topological polar surface area (TPSA) is 30.5 Å². The first-order valence-corrected chi connectivity index (χ1v) is 5.60. The molecule has 0 bridgehead atoms. The standard InChI is InChI=1S/C13H16FNO2/c1-15-13(11-4-3-7-17-11)9-5-6-10(14)12(8-9)16-2/h4-6,8,13,15H,3,7H2,1-2H3. The van der Waals surface area contributed by atoms with Crippen LogP contribution in [0.15, 0.2) is 30.0 Å². The van der Waals surface area contributed by atoms with Gasteiger partial charge in [0.15, 0.2) is 11.6 Å². The van der Waals surface area contributed by atoms with Gasteiger partial charge in [0.25, 0.3) is 0 Å². The lowest BCUT2D eigenvalue weighted by Crippen LogP contribution is -2.19. The Labute approximate surface area is 100 Å². The van der Waals surface area contributed by atoms with E-state index in [2.05, 4.69) is 11.4 Å². The van der Waals surface area contributed by atoms with Crippen LogP contribution in [0.1, 0.15) is 18.0 Å². The quantitative estimate of drug-likeness (QED) is 0.872. The molecule has 0 saturated carbocycles. The van der Waals surface area contributed by atoms with Gasteiger partial charge in [-0.15, -0.1) is 0 Å². The van der Waals surface area contributed by atoms with Gasteiger partial charge in [-0.05, 0) is 30.8 Å². The van der Waals surface area contributed by atoms with Gasteiger partial charge in [0.05, 0.1) is 19.8 Å². The van der Waals surface area contributed by atoms with E-state index in [1.54, 1.807) is 12.1 Å². The van der Waals surface area contributed by atoms with Crippen LogP contribution in [0.3, 0.4) is 0 Å². The zero-order valence-electron chi connectivity index (χ0n) is 10.00. The first-order chi connectivity index (χ1) is 8.26. The van der Waals surface area contributed by atoms with E-state index >= 15 is 0 Å². The summed E-state index contributed by atoms with van der Waals surface area (Å²) in [7, 11) is 3.31. The van der Waals surface area contributed by atoms with Crippen LogP contribution in [0.5, 0.6) is 5.75 Å². The molecule has 1 aliphatic rings. The molecule has 4 heteroatoms. The Morgan fingerprint density at radius 1 is 1.47 bits per heavy atom. The summed E-state index contributed by atoms with van der Waals surface area (Å²) in [5.41, 5.74) is 0.930. The van der Waals surface area contributed by atoms with Crippen LogP contribution in [-0.4, -0.2) is 20.8 Å².